The third-order valence-corrected chi connectivity index (χ3v) is 6.27. The number of benzene rings is 2. The number of nitrogen functional groups attached to an aromatic ring is 1. The fourth-order valence-electron chi connectivity index (χ4n) is 3.14. The second-order valence-corrected chi connectivity index (χ2v) is 8.69. The van der Waals surface area contributed by atoms with Gasteiger partial charge >= 0.3 is 0 Å². The van der Waals surface area contributed by atoms with Crippen molar-refractivity contribution in [2.75, 3.05) is 19.6 Å². The van der Waals surface area contributed by atoms with Crippen LogP contribution in [0, 0.1) is 5.41 Å². The van der Waals surface area contributed by atoms with Crippen molar-refractivity contribution in [2.24, 2.45) is 5.73 Å². The lowest BCUT2D eigenvalue weighted by Crippen LogP contribution is -2.34. The number of sulfonamides is 1. The lowest BCUT2D eigenvalue weighted by molar-refractivity contribution is 0.162. The minimum Gasteiger partial charge on any atom is -0.507 e. The fraction of sp³-hybridized carbons (Fsp3) is 0.350. The van der Waals surface area contributed by atoms with Crippen LogP contribution in [0.5, 0.6) is 11.5 Å². The second-order valence-electron chi connectivity index (χ2n) is 6.96. The number of phenolic OH excluding ortho intramolecular Hbond substituents is 1. The van der Waals surface area contributed by atoms with Gasteiger partial charge in [-0.15, -0.1) is 0 Å². The van der Waals surface area contributed by atoms with Crippen LogP contribution in [-0.4, -0.2) is 45.1 Å². The number of hydrogen-bond acceptors (Lipinski definition) is 6. The van der Waals surface area contributed by atoms with Gasteiger partial charge in [0.15, 0.2) is 0 Å². The molecule has 156 valence electrons. The minimum atomic E-state index is -3.93. The molecule has 1 aliphatic rings. The number of piperidine rings is 1. The van der Waals surface area contributed by atoms with Gasteiger partial charge in [0.05, 0.1) is 0 Å². The Balaban J connectivity index is 1.56. The van der Waals surface area contributed by atoms with Crippen LogP contribution < -0.4 is 20.5 Å². The smallest absolute Gasteiger partial charge is 0.244 e. The van der Waals surface area contributed by atoms with Gasteiger partial charge in [0, 0.05) is 12.1 Å². The Morgan fingerprint density at radius 2 is 1.90 bits per heavy atom. The Kier molecular flexibility index (Phi) is 6.73. The molecule has 0 unspecified atom stereocenters. The number of rotatable bonds is 8. The summed E-state index contributed by atoms with van der Waals surface area (Å²) in [4.78, 5) is -0.295. The zero-order valence-corrected chi connectivity index (χ0v) is 16.8. The van der Waals surface area contributed by atoms with Crippen molar-refractivity contribution < 1.29 is 18.3 Å². The number of nitrogens with two attached hydrogens (primary N) is 1. The maximum Gasteiger partial charge on any atom is 0.244 e. The molecule has 29 heavy (non-hydrogen) atoms. The molecule has 1 heterocycles. The van der Waals surface area contributed by atoms with E-state index >= 15 is 0 Å². The van der Waals surface area contributed by atoms with Crippen molar-refractivity contribution in [3.8, 4) is 11.5 Å². The molecule has 9 heteroatoms. The third kappa shape index (κ3) is 5.69. The topological polar surface area (TPSA) is 138 Å². The van der Waals surface area contributed by atoms with E-state index in [2.05, 4.69) is 10.0 Å². The van der Waals surface area contributed by atoms with Crippen LogP contribution in [0.2, 0.25) is 0 Å². The van der Waals surface area contributed by atoms with Crippen LogP contribution in [-0.2, 0) is 16.4 Å². The summed E-state index contributed by atoms with van der Waals surface area (Å²) in [6.45, 7) is 2.10. The highest BCUT2D eigenvalue weighted by Crippen LogP contribution is 2.23. The van der Waals surface area contributed by atoms with Gasteiger partial charge in [-0.05, 0) is 68.2 Å². The molecule has 0 saturated carbocycles. The summed E-state index contributed by atoms with van der Waals surface area (Å²) in [5.41, 5.74) is 6.59. The van der Waals surface area contributed by atoms with Crippen molar-refractivity contribution >= 4 is 15.9 Å². The first-order valence-electron chi connectivity index (χ1n) is 9.48. The van der Waals surface area contributed by atoms with Crippen LogP contribution >= 0.6 is 0 Å². The van der Waals surface area contributed by atoms with E-state index in [1.807, 2.05) is 24.3 Å². The highest BCUT2D eigenvalue weighted by molar-refractivity contribution is 7.89. The van der Waals surface area contributed by atoms with Crippen LogP contribution in [0.3, 0.4) is 0 Å². The summed E-state index contributed by atoms with van der Waals surface area (Å²) in [5.74, 6) is 0.155. The first-order chi connectivity index (χ1) is 13.8. The number of aromatic hydroxyl groups is 1. The molecule has 8 nitrogen and oxygen atoms in total. The zero-order valence-electron chi connectivity index (χ0n) is 16.0. The van der Waals surface area contributed by atoms with Gasteiger partial charge in [0.2, 0.25) is 10.0 Å². The molecule has 0 aliphatic carbocycles. The Morgan fingerprint density at radius 3 is 2.55 bits per heavy atom. The maximum absolute atomic E-state index is 12.5. The molecular weight excluding hydrogens is 392 g/mol. The van der Waals surface area contributed by atoms with E-state index in [9.17, 15) is 13.5 Å². The van der Waals surface area contributed by atoms with E-state index in [0.29, 0.717) is 6.42 Å². The molecule has 3 rings (SSSR count). The normalized spacial score (nSPS) is 15.2. The quantitative estimate of drug-likeness (QED) is 0.324. The summed E-state index contributed by atoms with van der Waals surface area (Å²) in [5, 5.41) is 20.6. The van der Waals surface area contributed by atoms with Crippen LogP contribution in [0.25, 0.3) is 0 Å². The Bertz CT molecular complexity index is 955. The van der Waals surface area contributed by atoms with Gasteiger partial charge in [0.25, 0.3) is 0 Å². The summed E-state index contributed by atoms with van der Waals surface area (Å²) in [6, 6.07) is 11.4. The van der Waals surface area contributed by atoms with Crippen LogP contribution in [0.15, 0.2) is 47.4 Å². The minimum absolute atomic E-state index is 0.167. The molecule has 0 radical (unpaired) electrons. The van der Waals surface area contributed by atoms with E-state index in [4.69, 9.17) is 15.9 Å². The molecule has 0 atom stereocenters. The number of hydrogen-bond donors (Lipinski definition) is 5. The number of ether oxygens (including phenoxy) is 1. The van der Waals surface area contributed by atoms with E-state index < -0.39 is 10.0 Å². The molecule has 1 aliphatic heterocycles. The zero-order chi connectivity index (χ0) is 20.9. The summed E-state index contributed by atoms with van der Waals surface area (Å²) >= 11 is 0. The molecule has 0 aromatic heterocycles. The lowest BCUT2D eigenvalue weighted by atomic mass is 10.1. The molecule has 0 spiro atoms. The fourth-order valence-corrected chi connectivity index (χ4v) is 4.30. The van der Waals surface area contributed by atoms with E-state index in [1.165, 1.54) is 18.2 Å². The highest BCUT2D eigenvalue weighted by Gasteiger charge is 2.19. The Labute approximate surface area is 170 Å². The first kappa shape index (κ1) is 21.1. The third-order valence-electron chi connectivity index (χ3n) is 4.78. The molecule has 1 fully saturated rings. The predicted octanol–water partition coefficient (Wildman–Crippen LogP) is 1.33. The van der Waals surface area contributed by atoms with Crippen molar-refractivity contribution in [2.45, 2.75) is 30.3 Å². The van der Waals surface area contributed by atoms with Gasteiger partial charge in [-0.25, -0.2) is 13.1 Å². The number of phenols is 1. The largest absolute Gasteiger partial charge is 0.507 e. The predicted molar refractivity (Wildman–Crippen MR) is 111 cm³/mol. The van der Waals surface area contributed by atoms with E-state index in [0.717, 1.165) is 37.2 Å². The van der Waals surface area contributed by atoms with Crippen molar-refractivity contribution in [1.82, 2.24) is 10.0 Å². The molecule has 2 aromatic carbocycles. The SMILES string of the molecule is N=C(N)c1ccc(O)c(S(=O)(=O)NCCc2ccc(OC3CCNCC3)cc2)c1. The van der Waals surface area contributed by atoms with E-state index in [1.54, 1.807) is 0 Å². The standard InChI is InChI=1S/C20H26N4O4S/c21-20(22)15-3-6-18(25)19(13-15)29(26,27)24-12-7-14-1-4-16(5-2-14)28-17-8-10-23-11-9-17/h1-6,13,17,23-25H,7-12H2,(H3,21,22). The lowest BCUT2D eigenvalue weighted by Gasteiger charge is -2.23. The van der Waals surface area contributed by atoms with Gasteiger partial charge in [-0.2, -0.15) is 0 Å². The molecule has 0 bridgehead atoms. The van der Waals surface area contributed by atoms with Crippen molar-refractivity contribution in [3.63, 3.8) is 0 Å². The highest BCUT2D eigenvalue weighted by atomic mass is 32.2. The molecule has 0 amide bonds. The average molecular weight is 419 g/mol. The second kappa shape index (κ2) is 9.25. The molecule has 2 aromatic rings. The Hall–Kier alpha value is -2.62. The number of nitrogens with one attached hydrogen (secondary N) is 3. The van der Waals surface area contributed by atoms with E-state index in [-0.39, 0.29) is 34.7 Å². The van der Waals surface area contributed by atoms with Crippen molar-refractivity contribution in [1.29, 1.82) is 5.41 Å². The van der Waals surface area contributed by atoms with Crippen molar-refractivity contribution in [3.05, 3.63) is 53.6 Å². The van der Waals surface area contributed by atoms with Crippen LogP contribution in [0.1, 0.15) is 24.0 Å². The average Bonchev–Trinajstić information content (AvgIpc) is 2.70. The first-order valence-corrected chi connectivity index (χ1v) is 11.0. The van der Waals surface area contributed by atoms with Crippen LogP contribution in [0.4, 0.5) is 0 Å². The summed E-state index contributed by atoms with van der Waals surface area (Å²) in [6.07, 6.45) is 2.69. The van der Waals surface area contributed by atoms with Gasteiger partial charge < -0.3 is 20.9 Å². The molecular formula is C20H26N4O4S. The molecule has 1 saturated heterocycles. The maximum atomic E-state index is 12.5. The van der Waals surface area contributed by atoms with Gasteiger partial charge in [-0.3, -0.25) is 5.41 Å². The summed E-state index contributed by atoms with van der Waals surface area (Å²) < 4.78 is 33.4. The van der Waals surface area contributed by atoms with Gasteiger partial charge in [0.1, 0.15) is 28.3 Å². The number of amidine groups is 1. The monoisotopic (exact) mass is 418 g/mol. The van der Waals surface area contributed by atoms with Gasteiger partial charge in [-0.1, -0.05) is 12.1 Å². The Morgan fingerprint density at radius 1 is 1.21 bits per heavy atom. The molecule has 6 N–H and O–H groups in total. The summed E-state index contributed by atoms with van der Waals surface area (Å²) in [7, 11) is -3.93.